The largest absolute Gasteiger partial charge is 0.494 e. The van der Waals surface area contributed by atoms with Gasteiger partial charge in [-0.1, -0.05) is 12.1 Å². The second-order valence-corrected chi connectivity index (χ2v) is 8.83. The van der Waals surface area contributed by atoms with E-state index < -0.39 is 10.0 Å². The molecule has 2 rings (SSSR count). The number of piperidine rings is 1. The summed E-state index contributed by atoms with van der Waals surface area (Å²) >= 11 is 0. The molecule has 1 aliphatic heterocycles. The summed E-state index contributed by atoms with van der Waals surface area (Å²) in [6.45, 7) is 5.69. The summed E-state index contributed by atoms with van der Waals surface area (Å²) < 4.78 is 30.9. The molecule has 1 saturated heterocycles. The summed E-state index contributed by atoms with van der Waals surface area (Å²) in [6.07, 6.45) is 3.22. The van der Waals surface area contributed by atoms with Crippen LogP contribution in [0.4, 0.5) is 0 Å². The van der Waals surface area contributed by atoms with Crippen LogP contribution in [0.2, 0.25) is 0 Å². The van der Waals surface area contributed by atoms with Crippen molar-refractivity contribution in [3.8, 4) is 5.75 Å². The van der Waals surface area contributed by atoms with Gasteiger partial charge in [0.15, 0.2) is 0 Å². The number of nitrogens with zero attached hydrogens (tertiary/aromatic N) is 1. The van der Waals surface area contributed by atoms with Crippen LogP contribution in [0.15, 0.2) is 24.3 Å². The molecule has 0 aliphatic carbocycles. The highest BCUT2D eigenvalue weighted by Gasteiger charge is 2.31. The number of aryl methyl sites for hydroxylation is 1. The Labute approximate surface area is 157 Å². The van der Waals surface area contributed by atoms with Crippen molar-refractivity contribution in [3.05, 3.63) is 29.8 Å². The Kier molecular flexibility index (Phi) is 7.90. The number of sulfonamides is 1. The van der Waals surface area contributed by atoms with Crippen molar-refractivity contribution in [2.75, 3.05) is 32.0 Å². The molecule has 26 heavy (non-hydrogen) atoms. The molecule has 0 unspecified atom stereocenters. The van der Waals surface area contributed by atoms with Gasteiger partial charge in [-0.3, -0.25) is 4.79 Å². The summed E-state index contributed by atoms with van der Waals surface area (Å²) in [4.78, 5) is 12.3. The van der Waals surface area contributed by atoms with Gasteiger partial charge in [-0.25, -0.2) is 12.7 Å². The molecule has 1 aromatic carbocycles. The van der Waals surface area contributed by atoms with Gasteiger partial charge in [0.25, 0.3) is 0 Å². The van der Waals surface area contributed by atoms with Crippen molar-refractivity contribution in [2.45, 2.75) is 39.5 Å². The van der Waals surface area contributed by atoms with Gasteiger partial charge in [0.2, 0.25) is 15.9 Å². The van der Waals surface area contributed by atoms with E-state index in [2.05, 4.69) is 5.32 Å². The van der Waals surface area contributed by atoms with Crippen molar-refractivity contribution in [1.29, 1.82) is 0 Å². The van der Waals surface area contributed by atoms with Crippen molar-refractivity contribution in [3.63, 3.8) is 0 Å². The van der Waals surface area contributed by atoms with Crippen LogP contribution < -0.4 is 10.1 Å². The second kappa shape index (κ2) is 9.92. The maximum atomic E-state index is 12.3. The van der Waals surface area contributed by atoms with Crippen molar-refractivity contribution in [2.24, 2.45) is 5.92 Å². The number of rotatable bonds is 9. The van der Waals surface area contributed by atoms with Crippen LogP contribution in [-0.4, -0.2) is 50.6 Å². The quantitative estimate of drug-likeness (QED) is 0.665. The first-order chi connectivity index (χ1) is 12.5. The van der Waals surface area contributed by atoms with Gasteiger partial charge in [-0.2, -0.15) is 0 Å². The number of amides is 1. The number of carbonyl (C=O) groups is 1. The van der Waals surface area contributed by atoms with E-state index in [1.54, 1.807) is 6.92 Å². The molecule has 0 aromatic heterocycles. The highest BCUT2D eigenvalue weighted by atomic mass is 32.2. The molecule has 0 saturated carbocycles. The molecule has 0 spiro atoms. The monoisotopic (exact) mass is 382 g/mol. The highest BCUT2D eigenvalue weighted by Crippen LogP contribution is 2.19. The molecule has 7 heteroatoms. The van der Waals surface area contributed by atoms with Gasteiger partial charge in [0.05, 0.1) is 18.3 Å². The van der Waals surface area contributed by atoms with Gasteiger partial charge in [-0.05, 0) is 57.2 Å². The smallest absolute Gasteiger partial charge is 0.224 e. The summed E-state index contributed by atoms with van der Waals surface area (Å²) in [6, 6.07) is 8.01. The Morgan fingerprint density at radius 3 is 2.65 bits per heavy atom. The van der Waals surface area contributed by atoms with Crippen molar-refractivity contribution in [1.82, 2.24) is 9.62 Å². The first-order valence-electron chi connectivity index (χ1n) is 9.43. The molecule has 1 aliphatic rings. The maximum Gasteiger partial charge on any atom is 0.224 e. The minimum absolute atomic E-state index is 0.0345. The minimum atomic E-state index is -3.21. The van der Waals surface area contributed by atoms with Crippen molar-refractivity contribution < 1.29 is 17.9 Å². The predicted octanol–water partition coefficient (Wildman–Crippen LogP) is 2.20. The predicted molar refractivity (Wildman–Crippen MR) is 103 cm³/mol. The van der Waals surface area contributed by atoms with E-state index in [0.29, 0.717) is 26.2 Å². The highest BCUT2D eigenvalue weighted by molar-refractivity contribution is 7.89. The first kappa shape index (κ1) is 20.7. The van der Waals surface area contributed by atoms with E-state index in [1.807, 2.05) is 31.2 Å². The van der Waals surface area contributed by atoms with Crippen LogP contribution in [0.1, 0.15) is 38.7 Å². The standard InChI is InChI=1S/C19H30N2O4S/c1-3-25-18-11-9-16(10-12-18)7-5-13-20-19(22)17-8-6-14-21(15-17)26(23,24)4-2/h9-12,17H,3-8,13-15H2,1-2H3,(H,20,22)/t17-/m1/s1. The number of nitrogens with one attached hydrogen (secondary N) is 1. The SMILES string of the molecule is CCOc1ccc(CCCNC(=O)[C@@H]2CCCN(S(=O)(=O)CC)C2)cc1. The second-order valence-electron chi connectivity index (χ2n) is 6.57. The number of hydrogen-bond acceptors (Lipinski definition) is 4. The van der Waals surface area contributed by atoms with E-state index in [0.717, 1.165) is 31.4 Å². The van der Waals surface area contributed by atoms with Crippen LogP contribution in [0.3, 0.4) is 0 Å². The molecule has 1 heterocycles. The van der Waals surface area contributed by atoms with Gasteiger partial charge in [0, 0.05) is 19.6 Å². The van der Waals surface area contributed by atoms with E-state index in [9.17, 15) is 13.2 Å². The van der Waals surface area contributed by atoms with Crippen LogP contribution in [0, 0.1) is 5.92 Å². The van der Waals surface area contributed by atoms with Crippen LogP contribution in [-0.2, 0) is 21.2 Å². The average Bonchev–Trinajstić information content (AvgIpc) is 2.66. The lowest BCUT2D eigenvalue weighted by molar-refractivity contribution is -0.126. The zero-order chi connectivity index (χ0) is 19.0. The van der Waals surface area contributed by atoms with Crippen LogP contribution >= 0.6 is 0 Å². The molecular weight excluding hydrogens is 352 g/mol. The lowest BCUT2D eigenvalue weighted by Crippen LogP contribution is -2.46. The Morgan fingerprint density at radius 1 is 1.27 bits per heavy atom. The average molecular weight is 383 g/mol. The lowest BCUT2D eigenvalue weighted by Gasteiger charge is -2.30. The summed E-state index contributed by atoms with van der Waals surface area (Å²) in [5.41, 5.74) is 1.21. The minimum Gasteiger partial charge on any atom is -0.494 e. The van der Waals surface area contributed by atoms with Gasteiger partial charge in [-0.15, -0.1) is 0 Å². The molecule has 6 nitrogen and oxygen atoms in total. The van der Waals surface area contributed by atoms with Gasteiger partial charge in [0.1, 0.15) is 5.75 Å². The topological polar surface area (TPSA) is 75.7 Å². The van der Waals surface area contributed by atoms with Crippen LogP contribution in [0.5, 0.6) is 5.75 Å². The zero-order valence-electron chi connectivity index (χ0n) is 15.7. The zero-order valence-corrected chi connectivity index (χ0v) is 16.6. The first-order valence-corrected chi connectivity index (χ1v) is 11.0. The Morgan fingerprint density at radius 2 is 2.00 bits per heavy atom. The molecule has 1 amide bonds. The fourth-order valence-corrected chi connectivity index (χ4v) is 4.34. The summed E-state index contributed by atoms with van der Waals surface area (Å²) in [5, 5.41) is 2.96. The fourth-order valence-electron chi connectivity index (χ4n) is 3.16. The molecule has 1 N–H and O–H groups in total. The third kappa shape index (κ3) is 5.99. The fraction of sp³-hybridized carbons (Fsp3) is 0.632. The molecular formula is C19H30N2O4S. The third-order valence-electron chi connectivity index (χ3n) is 4.69. The van der Waals surface area contributed by atoms with E-state index >= 15 is 0 Å². The Hall–Kier alpha value is -1.60. The maximum absolute atomic E-state index is 12.3. The molecule has 1 fully saturated rings. The van der Waals surface area contributed by atoms with Crippen LogP contribution in [0.25, 0.3) is 0 Å². The van der Waals surface area contributed by atoms with Gasteiger partial charge < -0.3 is 10.1 Å². The van der Waals surface area contributed by atoms with Gasteiger partial charge >= 0.3 is 0 Å². The molecule has 1 atom stereocenters. The summed E-state index contributed by atoms with van der Waals surface area (Å²) in [7, 11) is -3.21. The molecule has 1 aromatic rings. The number of ether oxygens (including phenoxy) is 1. The molecule has 0 radical (unpaired) electrons. The summed E-state index contributed by atoms with van der Waals surface area (Å²) in [5.74, 6) is 0.681. The van der Waals surface area contributed by atoms with E-state index in [4.69, 9.17) is 4.74 Å². The normalized spacial score (nSPS) is 18.5. The van der Waals surface area contributed by atoms with E-state index in [1.165, 1.54) is 9.87 Å². The Balaban J connectivity index is 1.73. The third-order valence-corrected chi connectivity index (χ3v) is 6.54. The number of benzene rings is 1. The van der Waals surface area contributed by atoms with Crippen molar-refractivity contribution >= 4 is 15.9 Å². The van der Waals surface area contributed by atoms with E-state index in [-0.39, 0.29) is 17.6 Å². The Bertz CT molecular complexity index is 673. The lowest BCUT2D eigenvalue weighted by atomic mass is 9.99. The number of carbonyl (C=O) groups excluding carboxylic acids is 1. The molecule has 0 bridgehead atoms. The molecule has 146 valence electrons. The number of hydrogen-bond donors (Lipinski definition) is 1.